The number of rotatable bonds is 6. The molecule has 0 saturated carbocycles. The van der Waals surface area contributed by atoms with Gasteiger partial charge in [-0.1, -0.05) is 164 Å². The highest BCUT2D eigenvalue weighted by atomic mass is 16.3. The largest absolute Gasteiger partial charge is 0.455 e. The lowest BCUT2D eigenvalue weighted by Crippen LogP contribution is -2.10. The van der Waals surface area contributed by atoms with Crippen LogP contribution in [0.2, 0.25) is 0 Å². The summed E-state index contributed by atoms with van der Waals surface area (Å²) >= 11 is 0. The average molecular weight is 754 g/mol. The Morgan fingerprint density at radius 1 is 0.288 bits per heavy atom. The number of para-hydroxylation sites is 3. The zero-order valence-electron chi connectivity index (χ0n) is 32.0. The molecule has 0 radical (unpaired) electrons. The molecule has 0 amide bonds. The number of anilines is 3. The van der Waals surface area contributed by atoms with Gasteiger partial charge >= 0.3 is 0 Å². The van der Waals surface area contributed by atoms with Crippen molar-refractivity contribution < 1.29 is 8.83 Å². The molecule has 0 aliphatic carbocycles. The summed E-state index contributed by atoms with van der Waals surface area (Å²) in [7, 11) is 0. The minimum absolute atomic E-state index is 0.887. The predicted octanol–water partition coefficient (Wildman–Crippen LogP) is 16.3. The number of fused-ring (bicyclic) bond motifs is 9. The quantitative estimate of drug-likeness (QED) is 0.158. The Bertz CT molecular complexity index is 3540. The molecule has 3 nitrogen and oxygen atoms in total. The van der Waals surface area contributed by atoms with Gasteiger partial charge in [0.25, 0.3) is 0 Å². The molecule has 0 unspecified atom stereocenters. The summed E-state index contributed by atoms with van der Waals surface area (Å²) in [6, 6.07) is 75.7. The monoisotopic (exact) mass is 753 g/mol. The van der Waals surface area contributed by atoms with Gasteiger partial charge in [-0.25, -0.2) is 0 Å². The van der Waals surface area contributed by atoms with E-state index in [1.807, 2.05) is 18.2 Å². The van der Waals surface area contributed by atoms with Crippen LogP contribution in [0.5, 0.6) is 0 Å². The van der Waals surface area contributed by atoms with Crippen molar-refractivity contribution in [2.75, 3.05) is 4.90 Å². The van der Waals surface area contributed by atoms with Crippen LogP contribution in [0.25, 0.3) is 98.8 Å². The van der Waals surface area contributed by atoms with Gasteiger partial charge in [0.05, 0.1) is 5.69 Å². The summed E-state index contributed by atoms with van der Waals surface area (Å²) < 4.78 is 12.9. The SMILES string of the molecule is c1ccc(-c2cccc3c2oc2ccc(-c4ccc(N(c5ccc(-c6cccc7c6oc6ccccc67)cc5)c5cc6ccccc6c6ccccc56)cc4)cc23)cc1. The highest BCUT2D eigenvalue weighted by molar-refractivity contribution is 6.15. The molecule has 0 fully saturated rings. The van der Waals surface area contributed by atoms with Crippen LogP contribution in [0, 0.1) is 0 Å². The third-order valence-electron chi connectivity index (χ3n) is 11.9. The van der Waals surface area contributed by atoms with Crippen LogP contribution >= 0.6 is 0 Å². The molecular weight excluding hydrogens is 719 g/mol. The third kappa shape index (κ3) is 5.44. The highest BCUT2D eigenvalue weighted by Gasteiger charge is 2.19. The zero-order chi connectivity index (χ0) is 38.9. The maximum Gasteiger partial charge on any atom is 0.143 e. The highest BCUT2D eigenvalue weighted by Crippen LogP contribution is 2.44. The van der Waals surface area contributed by atoms with Crippen molar-refractivity contribution in [1.82, 2.24) is 0 Å². The molecule has 2 aromatic heterocycles. The minimum Gasteiger partial charge on any atom is -0.455 e. The normalized spacial score (nSPS) is 11.7. The van der Waals surface area contributed by atoms with Gasteiger partial charge in [0.15, 0.2) is 0 Å². The number of benzene rings is 10. The molecule has 0 N–H and O–H groups in total. The van der Waals surface area contributed by atoms with E-state index in [0.717, 1.165) is 94.3 Å². The number of nitrogens with zero attached hydrogens (tertiary/aromatic N) is 1. The number of hydrogen-bond acceptors (Lipinski definition) is 3. The Morgan fingerprint density at radius 3 is 1.51 bits per heavy atom. The summed E-state index contributed by atoms with van der Waals surface area (Å²) in [5, 5.41) is 9.36. The van der Waals surface area contributed by atoms with Gasteiger partial charge in [-0.3, -0.25) is 0 Å². The molecule has 0 spiro atoms. The summed E-state index contributed by atoms with van der Waals surface area (Å²) in [5.74, 6) is 0. The second-order valence-electron chi connectivity index (χ2n) is 15.2. The fourth-order valence-corrected chi connectivity index (χ4v) is 9.04. The first-order valence-corrected chi connectivity index (χ1v) is 20.1. The lowest BCUT2D eigenvalue weighted by molar-refractivity contribution is 0.669. The minimum atomic E-state index is 0.887. The van der Waals surface area contributed by atoms with E-state index in [1.54, 1.807) is 0 Å². The molecule has 3 heteroatoms. The maximum absolute atomic E-state index is 6.50. The van der Waals surface area contributed by atoms with E-state index < -0.39 is 0 Å². The van der Waals surface area contributed by atoms with Crippen molar-refractivity contribution >= 4 is 82.5 Å². The van der Waals surface area contributed by atoms with E-state index in [-0.39, 0.29) is 0 Å². The molecule has 0 bridgehead atoms. The van der Waals surface area contributed by atoms with Crippen LogP contribution in [0.4, 0.5) is 17.1 Å². The van der Waals surface area contributed by atoms with Gasteiger partial charge < -0.3 is 13.7 Å². The Balaban J connectivity index is 0.979. The molecule has 59 heavy (non-hydrogen) atoms. The van der Waals surface area contributed by atoms with Crippen LogP contribution in [-0.2, 0) is 0 Å². The molecule has 12 rings (SSSR count). The van der Waals surface area contributed by atoms with Gasteiger partial charge in [0.2, 0.25) is 0 Å². The van der Waals surface area contributed by atoms with Crippen LogP contribution < -0.4 is 4.90 Å². The van der Waals surface area contributed by atoms with E-state index in [4.69, 9.17) is 8.83 Å². The van der Waals surface area contributed by atoms with Crippen LogP contribution in [0.3, 0.4) is 0 Å². The van der Waals surface area contributed by atoms with Crippen molar-refractivity contribution in [3.63, 3.8) is 0 Å². The average Bonchev–Trinajstić information content (AvgIpc) is 3.88. The Labute approximate surface area is 340 Å². The molecule has 0 saturated heterocycles. The first kappa shape index (κ1) is 33.3. The Kier molecular flexibility index (Phi) is 7.54. The van der Waals surface area contributed by atoms with Crippen molar-refractivity contribution in [2.45, 2.75) is 0 Å². The zero-order valence-corrected chi connectivity index (χ0v) is 32.0. The number of furan rings is 2. The Hall–Kier alpha value is -7.88. The van der Waals surface area contributed by atoms with Gasteiger partial charge in [-0.2, -0.15) is 0 Å². The van der Waals surface area contributed by atoms with Gasteiger partial charge in [0, 0.05) is 49.4 Å². The molecule has 0 aliphatic heterocycles. The van der Waals surface area contributed by atoms with Gasteiger partial charge in [-0.15, -0.1) is 0 Å². The van der Waals surface area contributed by atoms with Crippen LogP contribution in [0.15, 0.2) is 221 Å². The summed E-state index contributed by atoms with van der Waals surface area (Å²) in [4.78, 5) is 2.39. The Morgan fingerprint density at radius 2 is 0.797 bits per heavy atom. The fraction of sp³-hybridized carbons (Fsp3) is 0. The number of hydrogen-bond donors (Lipinski definition) is 0. The lowest BCUT2D eigenvalue weighted by Gasteiger charge is -2.28. The molecule has 12 aromatic rings. The molecule has 276 valence electrons. The van der Waals surface area contributed by atoms with Crippen molar-refractivity contribution in [1.29, 1.82) is 0 Å². The van der Waals surface area contributed by atoms with E-state index >= 15 is 0 Å². The third-order valence-corrected chi connectivity index (χ3v) is 11.9. The molecule has 0 aliphatic rings. The lowest BCUT2D eigenvalue weighted by atomic mass is 9.98. The first-order chi connectivity index (χ1) is 29.2. The van der Waals surface area contributed by atoms with E-state index in [1.165, 1.54) is 21.5 Å². The summed E-state index contributed by atoms with van der Waals surface area (Å²) in [5.41, 5.74) is 13.6. The smallest absolute Gasteiger partial charge is 0.143 e. The predicted molar refractivity (Wildman–Crippen MR) is 247 cm³/mol. The summed E-state index contributed by atoms with van der Waals surface area (Å²) in [6.07, 6.45) is 0. The second-order valence-corrected chi connectivity index (χ2v) is 15.2. The van der Waals surface area contributed by atoms with Crippen molar-refractivity contribution in [2.24, 2.45) is 0 Å². The summed E-state index contributed by atoms with van der Waals surface area (Å²) in [6.45, 7) is 0. The fourth-order valence-electron chi connectivity index (χ4n) is 9.04. The maximum atomic E-state index is 6.50. The topological polar surface area (TPSA) is 29.5 Å². The van der Waals surface area contributed by atoms with Crippen molar-refractivity contribution in [3.8, 4) is 33.4 Å². The van der Waals surface area contributed by atoms with Gasteiger partial charge in [0.1, 0.15) is 22.3 Å². The molecule has 10 aromatic carbocycles. The van der Waals surface area contributed by atoms with E-state index in [2.05, 4.69) is 199 Å². The molecule has 2 heterocycles. The second kappa shape index (κ2) is 13.4. The van der Waals surface area contributed by atoms with E-state index in [9.17, 15) is 0 Å². The van der Waals surface area contributed by atoms with Gasteiger partial charge in [-0.05, 0) is 86.9 Å². The van der Waals surface area contributed by atoms with Crippen LogP contribution in [-0.4, -0.2) is 0 Å². The van der Waals surface area contributed by atoms with Crippen molar-refractivity contribution in [3.05, 3.63) is 212 Å². The molecule has 0 atom stereocenters. The van der Waals surface area contributed by atoms with E-state index in [0.29, 0.717) is 0 Å². The molecular formula is C56H35NO2. The van der Waals surface area contributed by atoms with Crippen LogP contribution in [0.1, 0.15) is 0 Å². The first-order valence-electron chi connectivity index (χ1n) is 20.1. The standard InChI is InChI=1S/C56H35NO2/c1-2-12-37(13-3-1)44-19-11-22-50-51-34-39(28-33-54(51)59-56(44)50)36-24-29-41(30-25-36)57(52-35-40-14-4-5-15-43(40)46-16-6-7-17-47(46)52)42-31-26-38(27-32-42)45-20-10-21-49-48-18-8-9-23-53(48)58-55(45)49/h1-35H.